The summed E-state index contributed by atoms with van der Waals surface area (Å²) in [4.78, 5) is 0. The van der Waals surface area contributed by atoms with E-state index in [1.807, 2.05) is 0 Å². The highest BCUT2D eigenvalue weighted by atomic mass is 32.4. The summed E-state index contributed by atoms with van der Waals surface area (Å²) in [6.07, 6.45) is 5.46. The summed E-state index contributed by atoms with van der Waals surface area (Å²) in [5.41, 5.74) is 0. The van der Waals surface area contributed by atoms with Gasteiger partial charge in [-0.15, -0.1) is 9.34 Å². The molecular formula is C8H16N2PS+. The summed E-state index contributed by atoms with van der Waals surface area (Å²) in [5, 5.41) is 0. The van der Waals surface area contributed by atoms with E-state index in [-0.39, 0.29) is 7.00 Å². The molecule has 0 aliphatic carbocycles. The van der Waals surface area contributed by atoms with Crippen molar-refractivity contribution in [3.63, 3.8) is 0 Å². The Morgan fingerprint density at radius 2 is 1.08 bits per heavy atom. The second kappa shape index (κ2) is 4.10. The summed E-state index contributed by atoms with van der Waals surface area (Å²) < 4.78 is 5.02. The van der Waals surface area contributed by atoms with Crippen molar-refractivity contribution in [1.29, 1.82) is 0 Å². The summed E-state index contributed by atoms with van der Waals surface area (Å²) in [7, 11) is 0. The number of nitrogens with zero attached hydrogens (tertiary/aromatic N) is 2. The number of rotatable bonds is 2. The van der Waals surface area contributed by atoms with Gasteiger partial charge in [0.05, 0.1) is 0 Å². The van der Waals surface area contributed by atoms with E-state index in [1.165, 1.54) is 51.9 Å². The Morgan fingerprint density at radius 3 is 1.42 bits per heavy atom. The van der Waals surface area contributed by atoms with E-state index in [4.69, 9.17) is 11.8 Å². The van der Waals surface area contributed by atoms with Crippen LogP contribution in [0.25, 0.3) is 0 Å². The lowest BCUT2D eigenvalue weighted by atomic mass is 10.4. The zero-order valence-corrected chi connectivity index (χ0v) is 9.12. The Bertz CT molecular complexity index is 156. The minimum atomic E-state index is -0.333. The molecule has 0 radical (unpaired) electrons. The van der Waals surface area contributed by atoms with Crippen LogP contribution < -0.4 is 0 Å². The molecule has 0 unspecified atom stereocenters. The van der Waals surface area contributed by atoms with Crippen LogP contribution in [0.1, 0.15) is 25.7 Å². The summed E-state index contributed by atoms with van der Waals surface area (Å²) in [6, 6.07) is 0. The van der Waals surface area contributed by atoms with Crippen molar-refractivity contribution in [3.05, 3.63) is 0 Å². The van der Waals surface area contributed by atoms with Crippen molar-refractivity contribution in [2.24, 2.45) is 0 Å². The van der Waals surface area contributed by atoms with Crippen LogP contribution >= 0.6 is 7.00 Å². The molecular weight excluding hydrogens is 187 g/mol. The minimum absolute atomic E-state index is 0.333. The molecule has 0 aromatic rings. The van der Waals surface area contributed by atoms with E-state index in [9.17, 15) is 0 Å². The molecule has 2 saturated heterocycles. The van der Waals surface area contributed by atoms with Crippen molar-refractivity contribution in [1.82, 2.24) is 9.34 Å². The van der Waals surface area contributed by atoms with Gasteiger partial charge in [0.1, 0.15) is 0 Å². The Kier molecular flexibility index (Phi) is 3.08. The third-order valence-corrected chi connectivity index (χ3v) is 5.80. The van der Waals surface area contributed by atoms with Gasteiger partial charge in [-0.1, -0.05) is 0 Å². The largest absolute Gasteiger partial charge is 0.366 e. The Morgan fingerprint density at radius 1 is 0.750 bits per heavy atom. The van der Waals surface area contributed by atoms with Gasteiger partial charge >= 0.3 is 7.00 Å². The first kappa shape index (κ1) is 9.01. The molecule has 2 heterocycles. The van der Waals surface area contributed by atoms with E-state index in [1.54, 1.807) is 0 Å². The molecule has 2 rings (SSSR count). The van der Waals surface area contributed by atoms with E-state index >= 15 is 0 Å². The molecule has 0 aromatic carbocycles. The van der Waals surface area contributed by atoms with Crippen molar-refractivity contribution >= 4 is 18.8 Å². The van der Waals surface area contributed by atoms with Crippen LogP contribution in [0.2, 0.25) is 0 Å². The standard InChI is InChI=1S/C8H16N2PS/c12-11(9-5-1-2-6-9)10-7-3-4-8-10/h1-8H2/q+1. The summed E-state index contributed by atoms with van der Waals surface area (Å²) in [6.45, 7) is 4.69. The average molecular weight is 203 g/mol. The molecule has 0 aromatic heterocycles. The highest BCUT2D eigenvalue weighted by molar-refractivity contribution is 8.02. The fraction of sp³-hybridized carbons (Fsp3) is 1.00. The molecule has 0 spiro atoms. The van der Waals surface area contributed by atoms with Crippen LogP contribution in [-0.4, -0.2) is 35.5 Å². The van der Waals surface area contributed by atoms with Gasteiger partial charge in [0, 0.05) is 26.2 Å². The lowest BCUT2D eigenvalue weighted by Gasteiger charge is -2.10. The first-order valence-electron chi connectivity index (χ1n) is 4.85. The monoisotopic (exact) mass is 203 g/mol. The lowest BCUT2D eigenvalue weighted by Crippen LogP contribution is -2.20. The Labute approximate surface area is 80.4 Å². The number of hydrogen-bond acceptors (Lipinski definition) is 1. The third kappa shape index (κ3) is 1.85. The van der Waals surface area contributed by atoms with E-state index in [2.05, 4.69) is 9.34 Å². The fourth-order valence-corrected chi connectivity index (χ4v) is 4.51. The van der Waals surface area contributed by atoms with Crippen LogP contribution in [0.4, 0.5) is 0 Å². The van der Waals surface area contributed by atoms with Gasteiger partial charge in [-0.3, -0.25) is 0 Å². The zero-order chi connectivity index (χ0) is 8.39. The molecule has 0 N–H and O–H groups in total. The van der Waals surface area contributed by atoms with Gasteiger partial charge in [-0.25, -0.2) is 0 Å². The maximum absolute atomic E-state index is 5.57. The molecule has 0 bridgehead atoms. The van der Waals surface area contributed by atoms with Gasteiger partial charge < -0.3 is 0 Å². The second-order valence-corrected chi connectivity index (χ2v) is 6.19. The van der Waals surface area contributed by atoms with E-state index in [0.29, 0.717) is 0 Å². The van der Waals surface area contributed by atoms with Gasteiger partial charge in [-0.05, 0) is 25.7 Å². The first-order chi connectivity index (χ1) is 5.88. The SMILES string of the molecule is S=[P+](N1CCCC1)N1CCCC1. The molecule has 4 heteroatoms. The van der Waals surface area contributed by atoms with Gasteiger partial charge in [0.15, 0.2) is 0 Å². The van der Waals surface area contributed by atoms with Gasteiger partial charge in [0.25, 0.3) is 0 Å². The molecule has 0 saturated carbocycles. The Hall–Kier alpha value is 0.440. The van der Waals surface area contributed by atoms with Crippen molar-refractivity contribution in [3.8, 4) is 0 Å². The highest BCUT2D eigenvalue weighted by Crippen LogP contribution is 2.37. The first-order valence-corrected chi connectivity index (χ1v) is 7.11. The molecule has 0 amide bonds. The predicted octanol–water partition coefficient (Wildman–Crippen LogP) is 1.95. The van der Waals surface area contributed by atoms with E-state index < -0.39 is 0 Å². The molecule has 2 aliphatic heterocycles. The second-order valence-electron chi connectivity index (χ2n) is 3.57. The smallest absolute Gasteiger partial charge is 0.104 e. The topological polar surface area (TPSA) is 6.48 Å². The summed E-state index contributed by atoms with van der Waals surface area (Å²) >= 11 is 5.57. The lowest BCUT2D eigenvalue weighted by molar-refractivity contribution is 0.490. The van der Waals surface area contributed by atoms with Gasteiger partial charge in [-0.2, -0.15) is 0 Å². The summed E-state index contributed by atoms with van der Waals surface area (Å²) in [5.74, 6) is 0. The van der Waals surface area contributed by atoms with Crippen molar-refractivity contribution in [2.75, 3.05) is 26.2 Å². The molecule has 0 atom stereocenters. The molecule has 2 nitrogen and oxygen atoms in total. The van der Waals surface area contributed by atoms with Crippen LogP contribution in [0, 0.1) is 0 Å². The van der Waals surface area contributed by atoms with Crippen LogP contribution in [0.15, 0.2) is 0 Å². The molecule has 68 valence electrons. The number of hydrogen-bond donors (Lipinski definition) is 0. The maximum atomic E-state index is 5.57. The quantitative estimate of drug-likeness (QED) is 0.633. The molecule has 2 aliphatic rings. The van der Waals surface area contributed by atoms with E-state index in [0.717, 1.165) is 0 Å². The Balaban J connectivity index is 1.89. The molecule has 2 fully saturated rings. The van der Waals surface area contributed by atoms with Crippen molar-refractivity contribution < 1.29 is 0 Å². The minimum Gasteiger partial charge on any atom is -0.104 e. The van der Waals surface area contributed by atoms with Crippen LogP contribution in [0.3, 0.4) is 0 Å². The highest BCUT2D eigenvalue weighted by Gasteiger charge is 2.34. The van der Waals surface area contributed by atoms with Gasteiger partial charge in [0.2, 0.25) is 11.8 Å². The van der Waals surface area contributed by atoms with Crippen LogP contribution in [-0.2, 0) is 11.8 Å². The zero-order valence-electron chi connectivity index (χ0n) is 7.41. The van der Waals surface area contributed by atoms with Crippen LogP contribution in [0.5, 0.6) is 0 Å². The average Bonchev–Trinajstić information content (AvgIpc) is 2.77. The van der Waals surface area contributed by atoms with Crippen molar-refractivity contribution in [2.45, 2.75) is 25.7 Å². The molecule has 12 heavy (non-hydrogen) atoms. The third-order valence-electron chi connectivity index (χ3n) is 2.65. The normalized spacial score (nSPS) is 26.7. The fourth-order valence-electron chi connectivity index (χ4n) is 1.92. The predicted molar refractivity (Wildman–Crippen MR) is 55.9 cm³/mol. The maximum Gasteiger partial charge on any atom is 0.366 e.